The Morgan fingerprint density at radius 3 is 2.91 bits per heavy atom. The molecule has 22 heavy (non-hydrogen) atoms. The van der Waals surface area contributed by atoms with Crippen molar-refractivity contribution in [1.82, 2.24) is 10.2 Å². The fourth-order valence-electron chi connectivity index (χ4n) is 2.87. The summed E-state index contributed by atoms with van der Waals surface area (Å²) < 4.78 is 0.903. The summed E-state index contributed by atoms with van der Waals surface area (Å²) in [6, 6.07) is 6.54. The number of nitrogens with one attached hydrogen (secondary N) is 1. The molecule has 1 aliphatic heterocycles. The average molecular weight is 368 g/mol. The minimum atomic E-state index is -0.621. The molecule has 120 valence electrons. The van der Waals surface area contributed by atoms with E-state index in [0.29, 0.717) is 5.92 Å². The molecular formula is C16H22BrN3O2. The van der Waals surface area contributed by atoms with Crippen LogP contribution in [0.4, 0.5) is 4.79 Å². The van der Waals surface area contributed by atoms with Crippen molar-refractivity contribution in [2.45, 2.75) is 32.2 Å². The Morgan fingerprint density at radius 2 is 2.27 bits per heavy atom. The van der Waals surface area contributed by atoms with Crippen molar-refractivity contribution in [2.75, 3.05) is 13.1 Å². The molecule has 2 rings (SSSR count). The van der Waals surface area contributed by atoms with E-state index < -0.39 is 12.1 Å². The van der Waals surface area contributed by atoms with Gasteiger partial charge in [-0.15, -0.1) is 0 Å². The molecule has 2 atom stereocenters. The first-order valence-corrected chi connectivity index (χ1v) is 8.34. The van der Waals surface area contributed by atoms with Gasteiger partial charge in [-0.25, -0.2) is 4.79 Å². The number of benzene rings is 1. The number of urea groups is 1. The molecule has 0 aromatic heterocycles. The molecular weight excluding hydrogens is 346 g/mol. The minimum Gasteiger partial charge on any atom is -0.352 e. The molecule has 3 amide bonds. The Balaban J connectivity index is 2.09. The summed E-state index contributed by atoms with van der Waals surface area (Å²) in [6.07, 6.45) is 2.43. The monoisotopic (exact) mass is 367 g/mol. The average Bonchev–Trinajstić information content (AvgIpc) is 2.46. The van der Waals surface area contributed by atoms with Gasteiger partial charge in [-0.2, -0.15) is 0 Å². The number of nitrogens with zero attached hydrogens (tertiary/aromatic N) is 1. The highest BCUT2D eigenvalue weighted by Gasteiger charge is 2.25. The number of carbonyl (C=O) groups is 2. The molecule has 1 aromatic carbocycles. The summed E-state index contributed by atoms with van der Waals surface area (Å²) >= 11 is 3.41. The Bertz CT molecular complexity index is 550. The van der Waals surface area contributed by atoms with Crippen molar-refractivity contribution >= 4 is 27.9 Å². The van der Waals surface area contributed by atoms with Crippen molar-refractivity contribution < 1.29 is 9.59 Å². The van der Waals surface area contributed by atoms with Crippen LogP contribution in [-0.2, 0) is 4.79 Å². The van der Waals surface area contributed by atoms with E-state index in [1.54, 1.807) is 0 Å². The summed E-state index contributed by atoms with van der Waals surface area (Å²) in [5.41, 5.74) is 6.13. The predicted octanol–water partition coefficient (Wildman–Crippen LogP) is 2.81. The maximum atomic E-state index is 12.5. The number of rotatable bonds is 4. The van der Waals surface area contributed by atoms with Crippen LogP contribution in [-0.4, -0.2) is 29.9 Å². The van der Waals surface area contributed by atoms with E-state index in [-0.39, 0.29) is 12.3 Å². The van der Waals surface area contributed by atoms with Gasteiger partial charge in [0.05, 0.1) is 12.5 Å². The van der Waals surface area contributed by atoms with Crippen molar-refractivity contribution in [2.24, 2.45) is 11.7 Å². The number of amides is 3. The molecule has 0 bridgehead atoms. The summed E-state index contributed by atoms with van der Waals surface area (Å²) in [5, 5.41) is 2.68. The van der Waals surface area contributed by atoms with E-state index in [2.05, 4.69) is 28.2 Å². The molecule has 2 unspecified atom stereocenters. The highest BCUT2D eigenvalue weighted by molar-refractivity contribution is 9.10. The molecule has 0 saturated carbocycles. The third kappa shape index (κ3) is 4.73. The zero-order chi connectivity index (χ0) is 16.1. The van der Waals surface area contributed by atoms with E-state index in [4.69, 9.17) is 5.73 Å². The van der Waals surface area contributed by atoms with Crippen molar-refractivity contribution in [3.8, 4) is 0 Å². The summed E-state index contributed by atoms with van der Waals surface area (Å²) in [6.45, 7) is 3.75. The lowest BCUT2D eigenvalue weighted by atomic mass is 9.98. The SMILES string of the molecule is CC1CCCN(C(=O)CC(NC(N)=O)c2cccc(Br)c2)C1. The lowest BCUT2D eigenvalue weighted by Crippen LogP contribution is -2.42. The quantitative estimate of drug-likeness (QED) is 0.858. The van der Waals surface area contributed by atoms with Gasteiger partial charge in [0.15, 0.2) is 0 Å². The van der Waals surface area contributed by atoms with E-state index >= 15 is 0 Å². The molecule has 5 nitrogen and oxygen atoms in total. The molecule has 1 heterocycles. The number of hydrogen-bond donors (Lipinski definition) is 2. The van der Waals surface area contributed by atoms with E-state index in [1.165, 1.54) is 6.42 Å². The zero-order valence-corrected chi connectivity index (χ0v) is 14.3. The fraction of sp³-hybridized carbons (Fsp3) is 0.500. The van der Waals surface area contributed by atoms with Gasteiger partial charge < -0.3 is 16.0 Å². The van der Waals surface area contributed by atoms with Gasteiger partial charge in [0.2, 0.25) is 5.91 Å². The van der Waals surface area contributed by atoms with Crippen LogP contribution in [0.25, 0.3) is 0 Å². The van der Waals surface area contributed by atoms with Gasteiger partial charge in [0.25, 0.3) is 0 Å². The smallest absolute Gasteiger partial charge is 0.312 e. The summed E-state index contributed by atoms with van der Waals surface area (Å²) in [4.78, 5) is 25.7. The first kappa shape index (κ1) is 16.8. The van der Waals surface area contributed by atoms with Gasteiger partial charge >= 0.3 is 6.03 Å². The number of primary amides is 1. The summed E-state index contributed by atoms with van der Waals surface area (Å²) in [7, 11) is 0. The molecule has 0 aliphatic carbocycles. The molecule has 0 radical (unpaired) electrons. The molecule has 3 N–H and O–H groups in total. The van der Waals surface area contributed by atoms with Crippen LogP contribution in [0, 0.1) is 5.92 Å². The van der Waals surface area contributed by atoms with Crippen LogP contribution >= 0.6 is 15.9 Å². The highest BCUT2D eigenvalue weighted by Crippen LogP contribution is 2.23. The second-order valence-corrected chi connectivity index (χ2v) is 6.82. The van der Waals surface area contributed by atoms with E-state index in [0.717, 1.165) is 29.5 Å². The maximum absolute atomic E-state index is 12.5. The van der Waals surface area contributed by atoms with Gasteiger partial charge in [-0.1, -0.05) is 35.0 Å². The molecule has 6 heteroatoms. The van der Waals surface area contributed by atoms with Crippen molar-refractivity contribution in [3.05, 3.63) is 34.3 Å². The zero-order valence-electron chi connectivity index (χ0n) is 12.7. The standard InChI is InChI=1S/C16H22BrN3O2/c1-11-4-3-7-20(10-11)15(21)9-14(19-16(18)22)12-5-2-6-13(17)8-12/h2,5-6,8,11,14H,3-4,7,9-10H2,1H3,(H3,18,19,22). The van der Waals surface area contributed by atoms with E-state index in [1.807, 2.05) is 29.2 Å². The Hall–Kier alpha value is -1.56. The van der Waals surface area contributed by atoms with E-state index in [9.17, 15) is 9.59 Å². The highest BCUT2D eigenvalue weighted by atomic mass is 79.9. The normalized spacial score (nSPS) is 19.5. The second-order valence-electron chi connectivity index (χ2n) is 5.91. The number of piperidine rings is 1. The van der Waals surface area contributed by atoms with Crippen molar-refractivity contribution in [1.29, 1.82) is 0 Å². The second kappa shape index (κ2) is 7.63. The molecule has 1 fully saturated rings. The molecule has 1 saturated heterocycles. The number of halogens is 1. The van der Waals surface area contributed by atoms with Crippen LogP contribution in [0.5, 0.6) is 0 Å². The van der Waals surface area contributed by atoms with Gasteiger partial charge in [0.1, 0.15) is 0 Å². The van der Waals surface area contributed by atoms with Crippen LogP contribution < -0.4 is 11.1 Å². The third-order valence-corrected chi connectivity index (χ3v) is 4.45. The summed E-state index contributed by atoms with van der Waals surface area (Å²) in [5.74, 6) is 0.594. The van der Waals surface area contributed by atoms with Crippen molar-refractivity contribution in [3.63, 3.8) is 0 Å². The van der Waals surface area contributed by atoms with Gasteiger partial charge in [-0.05, 0) is 36.5 Å². The largest absolute Gasteiger partial charge is 0.352 e. The molecule has 1 aromatic rings. The van der Waals surface area contributed by atoms with Crippen LogP contribution in [0.2, 0.25) is 0 Å². The van der Waals surface area contributed by atoms with Gasteiger partial charge in [-0.3, -0.25) is 4.79 Å². The van der Waals surface area contributed by atoms with Crippen LogP contribution in [0.15, 0.2) is 28.7 Å². The topological polar surface area (TPSA) is 75.4 Å². The lowest BCUT2D eigenvalue weighted by Gasteiger charge is -2.32. The van der Waals surface area contributed by atoms with Crippen LogP contribution in [0.1, 0.15) is 37.8 Å². The Kier molecular flexibility index (Phi) is 5.83. The molecule has 0 spiro atoms. The Labute approximate surface area is 139 Å². The minimum absolute atomic E-state index is 0.0604. The third-order valence-electron chi connectivity index (χ3n) is 3.96. The lowest BCUT2D eigenvalue weighted by molar-refractivity contribution is -0.133. The van der Waals surface area contributed by atoms with Gasteiger partial charge in [0, 0.05) is 17.6 Å². The number of hydrogen-bond acceptors (Lipinski definition) is 2. The number of likely N-dealkylation sites (tertiary alicyclic amines) is 1. The first-order chi connectivity index (χ1) is 10.5. The first-order valence-electron chi connectivity index (χ1n) is 7.55. The van der Waals surface area contributed by atoms with Crippen LogP contribution in [0.3, 0.4) is 0 Å². The predicted molar refractivity (Wildman–Crippen MR) is 89.2 cm³/mol. The Morgan fingerprint density at radius 1 is 1.50 bits per heavy atom. The maximum Gasteiger partial charge on any atom is 0.312 e. The number of carbonyl (C=O) groups excluding carboxylic acids is 2. The molecule has 1 aliphatic rings. The number of nitrogens with two attached hydrogens (primary N) is 1. The fourth-order valence-corrected chi connectivity index (χ4v) is 3.28.